The van der Waals surface area contributed by atoms with Gasteiger partial charge in [0, 0.05) is 11.8 Å². The average Bonchev–Trinajstić information content (AvgIpc) is 2.29. The zero-order valence-corrected chi connectivity index (χ0v) is 10.8. The third-order valence-electron chi connectivity index (χ3n) is 2.81. The predicted molar refractivity (Wildman–Crippen MR) is 73.0 cm³/mol. The van der Waals surface area contributed by atoms with E-state index in [0.29, 0.717) is 5.92 Å². The van der Waals surface area contributed by atoms with Gasteiger partial charge in [-0.1, -0.05) is 38.1 Å². The van der Waals surface area contributed by atoms with Gasteiger partial charge >= 0.3 is 0 Å². The molecule has 0 bridgehead atoms. The van der Waals surface area contributed by atoms with Crippen molar-refractivity contribution in [3.63, 3.8) is 0 Å². The smallest absolute Gasteiger partial charge is 0.0704 e. The molecule has 0 N–H and O–H groups in total. The SMILES string of the molecule is Cc1ccnc(-c2ccc(CC(C)C)cc2)c1. The molecule has 0 radical (unpaired) electrons. The Morgan fingerprint density at radius 2 is 1.76 bits per heavy atom. The van der Waals surface area contributed by atoms with E-state index in [1.165, 1.54) is 16.7 Å². The fraction of sp³-hybridized carbons (Fsp3) is 0.312. The minimum atomic E-state index is 0.706. The zero-order chi connectivity index (χ0) is 12.3. The van der Waals surface area contributed by atoms with Crippen LogP contribution in [-0.4, -0.2) is 4.98 Å². The van der Waals surface area contributed by atoms with Gasteiger partial charge in [0.05, 0.1) is 5.69 Å². The van der Waals surface area contributed by atoms with Gasteiger partial charge in [-0.3, -0.25) is 4.98 Å². The van der Waals surface area contributed by atoms with Crippen LogP contribution in [0.3, 0.4) is 0 Å². The van der Waals surface area contributed by atoms with Crippen molar-refractivity contribution in [2.45, 2.75) is 27.2 Å². The summed E-state index contributed by atoms with van der Waals surface area (Å²) in [5.74, 6) is 0.706. The molecule has 2 aromatic rings. The second-order valence-corrected chi connectivity index (χ2v) is 5.01. The fourth-order valence-corrected chi connectivity index (χ4v) is 1.98. The van der Waals surface area contributed by atoms with Crippen LogP contribution >= 0.6 is 0 Å². The first-order chi connectivity index (χ1) is 8.15. The maximum absolute atomic E-state index is 4.40. The first kappa shape index (κ1) is 11.8. The van der Waals surface area contributed by atoms with Crippen LogP contribution in [0.4, 0.5) is 0 Å². The molecule has 1 heterocycles. The van der Waals surface area contributed by atoms with Crippen molar-refractivity contribution in [3.05, 3.63) is 53.7 Å². The third-order valence-corrected chi connectivity index (χ3v) is 2.81. The van der Waals surface area contributed by atoms with Crippen molar-refractivity contribution in [2.75, 3.05) is 0 Å². The first-order valence-electron chi connectivity index (χ1n) is 6.17. The normalized spacial score (nSPS) is 10.8. The van der Waals surface area contributed by atoms with E-state index < -0.39 is 0 Å². The Balaban J connectivity index is 2.23. The summed E-state index contributed by atoms with van der Waals surface area (Å²) >= 11 is 0. The maximum Gasteiger partial charge on any atom is 0.0704 e. The van der Waals surface area contributed by atoms with Crippen molar-refractivity contribution in [1.82, 2.24) is 4.98 Å². The number of hydrogen-bond acceptors (Lipinski definition) is 1. The van der Waals surface area contributed by atoms with Crippen LogP contribution in [0.1, 0.15) is 25.0 Å². The van der Waals surface area contributed by atoms with Crippen molar-refractivity contribution in [2.24, 2.45) is 5.92 Å². The Morgan fingerprint density at radius 1 is 1.06 bits per heavy atom. The molecular weight excluding hydrogens is 206 g/mol. The lowest BCUT2D eigenvalue weighted by atomic mass is 10.0. The van der Waals surface area contributed by atoms with Crippen LogP contribution in [-0.2, 0) is 6.42 Å². The van der Waals surface area contributed by atoms with Crippen molar-refractivity contribution >= 4 is 0 Å². The Morgan fingerprint density at radius 3 is 2.35 bits per heavy atom. The van der Waals surface area contributed by atoms with Crippen molar-refractivity contribution in [3.8, 4) is 11.3 Å². The highest BCUT2D eigenvalue weighted by atomic mass is 14.7. The summed E-state index contributed by atoms with van der Waals surface area (Å²) in [5, 5.41) is 0. The van der Waals surface area contributed by atoms with E-state index in [2.05, 4.69) is 56.1 Å². The monoisotopic (exact) mass is 225 g/mol. The number of hydrogen-bond donors (Lipinski definition) is 0. The van der Waals surface area contributed by atoms with E-state index in [1.54, 1.807) is 0 Å². The highest BCUT2D eigenvalue weighted by molar-refractivity contribution is 5.59. The summed E-state index contributed by atoms with van der Waals surface area (Å²) in [6.07, 6.45) is 3.01. The van der Waals surface area contributed by atoms with Crippen LogP contribution in [0, 0.1) is 12.8 Å². The van der Waals surface area contributed by atoms with Crippen LogP contribution in [0.2, 0.25) is 0 Å². The Hall–Kier alpha value is -1.63. The standard InChI is InChI=1S/C16H19N/c1-12(2)10-14-4-6-15(7-5-14)16-11-13(3)8-9-17-16/h4-9,11-12H,10H2,1-3H3. The van der Waals surface area contributed by atoms with Gasteiger partial charge in [0.25, 0.3) is 0 Å². The quantitative estimate of drug-likeness (QED) is 0.760. The van der Waals surface area contributed by atoms with Crippen LogP contribution in [0.5, 0.6) is 0 Å². The minimum Gasteiger partial charge on any atom is -0.256 e. The molecule has 0 unspecified atom stereocenters. The van der Waals surface area contributed by atoms with Crippen LogP contribution < -0.4 is 0 Å². The van der Waals surface area contributed by atoms with Crippen molar-refractivity contribution < 1.29 is 0 Å². The lowest BCUT2D eigenvalue weighted by Crippen LogP contribution is -1.93. The average molecular weight is 225 g/mol. The lowest BCUT2D eigenvalue weighted by Gasteiger charge is -2.06. The Kier molecular flexibility index (Phi) is 3.58. The molecule has 0 amide bonds. The number of pyridine rings is 1. The molecule has 0 spiro atoms. The highest BCUT2D eigenvalue weighted by Crippen LogP contribution is 2.19. The molecule has 0 atom stereocenters. The molecule has 1 nitrogen and oxygen atoms in total. The molecule has 0 aliphatic rings. The molecule has 1 aromatic heterocycles. The van der Waals surface area contributed by atoms with E-state index >= 15 is 0 Å². The topological polar surface area (TPSA) is 12.9 Å². The highest BCUT2D eigenvalue weighted by Gasteiger charge is 2.01. The summed E-state index contributed by atoms with van der Waals surface area (Å²) in [5.41, 5.74) is 4.90. The summed E-state index contributed by atoms with van der Waals surface area (Å²) in [6.45, 7) is 6.59. The van der Waals surface area contributed by atoms with Gasteiger partial charge in [-0.05, 0) is 42.5 Å². The van der Waals surface area contributed by atoms with Gasteiger partial charge in [0.1, 0.15) is 0 Å². The van der Waals surface area contributed by atoms with Gasteiger partial charge in [0.15, 0.2) is 0 Å². The van der Waals surface area contributed by atoms with Gasteiger partial charge in [-0.25, -0.2) is 0 Å². The molecule has 0 fully saturated rings. The molecule has 0 aliphatic heterocycles. The minimum absolute atomic E-state index is 0.706. The van der Waals surface area contributed by atoms with Gasteiger partial charge in [0.2, 0.25) is 0 Å². The lowest BCUT2D eigenvalue weighted by molar-refractivity contribution is 0.647. The van der Waals surface area contributed by atoms with E-state index in [1.807, 2.05) is 12.3 Å². The number of rotatable bonds is 3. The summed E-state index contributed by atoms with van der Waals surface area (Å²) in [7, 11) is 0. The molecule has 2 rings (SSSR count). The Labute approximate surface area is 104 Å². The molecule has 1 heteroatoms. The molecule has 0 saturated heterocycles. The molecule has 17 heavy (non-hydrogen) atoms. The number of nitrogens with zero attached hydrogens (tertiary/aromatic N) is 1. The van der Waals surface area contributed by atoms with Gasteiger partial charge in [-0.15, -0.1) is 0 Å². The second-order valence-electron chi connectivity index (χ2n) is 5.01. The number of aryl methyl sites for hydroxylation is 1. The largest absolute Gasteiger partial charge is 0.256 e. The van der Waals surface area contributed by atoms with E-state index in [4.69, 9.17) is 0 Å². The van der Waals surface area contributed by atoms with E-state index in [-0.39, 0.29) is 0 Å². The third kappa shape index (κ3) is 3.16. The van der Waals surface area contributed by atoms with E-state index in [9.17, 15) is 0 Å². The predicted octanol–water partition coefficient (Wildman–Crippen LogP) is 4.26. The summed E-state index contributed by atoms with van der Waals surface area (Å²) < 4.78 is 0. The molecule has 0 aliphatic carbocycles. The number of aromatic nitrogens is 1. The Bertz CT molecular complexity index is 483. The molecule has 88 valence electrons. The second kappa shape index (κ2) is 5.13. The first-order valence-corrected chi connectivity index (χ1v) is 6.17. The van der Waals surface area contributed by atoms with E-state index in [0.717, 1.165) is 12.1 Å². The van der Waals surface area contributed by atoms with Crippen LogP contribution in [0.15, 0.2) is 42.6 Å². The molecule has 0 saturated carbocycles. The molecule has 1 aromatic carbocycles. The van der Waals surface area contributed by atoms with Gasteiger partial charge < -0.3 is 0 Å². The molecular formula is C16H19N. The van der Waals surface area contributed by atoms with Crippen LogP contribution in [0.25, 0.3) is 11.3 Å². The fourth-order valence-electron chi connectivity index (χ4n) is 1.98. The van der Waals surface area contributed by atoms with Gasteiger partial charge in [-0.2, -0.15) is 0 Å². The zero-order valence-electron chi connectivity index (χ0n) is 10.8. The number of benzene rings is 1. The summed E-state index contributed by atoms with van der Waals surface area (Å²) in [4.78, 5) is 4.40. The summed E-state index contributed by atoms with van der Waals surface area (Å²) in [6, 6.07) is 12.9. The van der Waals surface area contributed by atoms with Crippen molar-refractivity contribution in [1.29, 1.82) is 0 Å². The maximum atomic E-state index is 4.40.